The third-order valence-corrected chi connectivity index (χ3v) is 3.12. The SMILES string of the molecule is CC(N)C(C)C(=O)Nc1ccc(CCC(F)(F)F)cc1. The molecule has 0 aliphatic heterocycles. The van der Waals surface area contributed by atoms with Crippen molar-refractivity contribution >= 4 is 11.6 Å². The number of rotatable bonds is 5. The molecule has 0 aliphatic rings. The monoisotopic (exact) mass is 288 g/mol. The number of anilines is 1. The molecule has 0 bridgehead atoms. The molecular formula is C14H19F3N2O. The first-order chi connectivity index (χ1) is 9.19. The number of hydrogen-bond donors (Lipinski definition) is 2. The first kappa shape index (κ1) is 16.5. The molecule has 0 saturated heterocycles. The highest BCUT2D eigenvalue weighted by Crippen LogP contribution is 2.22. The molecule has 1 rings (SSSR count). The van der Waals surface area contributed by atoms with Gasteiger partial charge >= 0.3 is 6.18 Å². The third kappa shape index (κ3) is 5.61. The molecule has 3 nitrogen and oxygen atoms in total. The van der Waals surface area contributed by atoms with Crippen LogP contribution in [0.15, 0.2) is 24.3 Å². The summed E-state index contributed by atoms with van der Waals surface area (Å²) in [7, 11) is 0. The van der Waals surface area contributed by atoms with Crippen molar-refractivity contribution < 1.29 is 18.0 Å². The van der Waals surface area contributed by atoms with Gasteiger partial charge in [0.25, 0.3) is 0 Å². The van der Waals surface area contributed by atoms with E-state index in [1.54, 1.807) is 38.1 Å². The fraction of sp³-hybridized carbons (Fsp3) is 0.500. The van der Waals surface area contributed by atoms with Crippen molar-refractivity contribution in [3.8, 4) is 0 Å². The standard InChI is InChI=1S/C14H19F3N2O/c1-9(10(2)18)13(20)19-12-5-3-11(4-6-12)7-8-14(15,16)17/h3-6,9-10H,7-8,18H2,1-2H3,(H,19,20). The van der Waals surface area contributed by atoms with E-state index in [-0.39, 0.29) is 24.3 Å². The molecule has 0 radical (unpaired) electrons. The van der Waals surface area contributed by atoms with Crippen molar-refractivity contribution in [2.75, 3.05) is 5.32 Å². The van der Waals surface area contributed by atoms with E-state index in [1.165, 1.54) is 0 Å². The lowest BCUT2D eigenvalue weighted by molar-refractivity contribution is -0.134. The Labute approximate surface area is 116 Å². The summed E-state index contributed by atoms with van der Waals surface area (Å²) >= 11 is 0. The molecular weight excluding hydrogens is 269 g/mol. The lowest BCUT2D eigenvalue weighted by Crippen LogP contribution is -2.34. The molecule has 1 aromatic carbocycles. The van der Waals surface area contributed by atoms with Crippen LogP contribution >= 0.6 is 0 Å². The largest absolute Gasteiger partial charge is 0.389 e. The van der Waals surface area contributed by atoms with Crippen LogP contribution in [-0.4, -0.2) is 18.1 Å². The summed E-state index contributed by atoms with van der Waals surface area (Å²) in [5, 5.41) is 2.68. The zero-order valence-electron chi connectivity index (χ0n) is 11.5. The fourth-order valence-electron chi connectivity index (χ4n) is 1.54. The van der Waals surface area contributed by atoms with Crippen LogP contribution in [-0.2, 0) is 11.2 Å². The Morgan fingerprint density at radius 3 is 2.25 bits per heavy atom. The van der Waals surface area contributed by atoms with Crippen LogP contribution < -0.4 is 11.1 Å². The smallest absolute Gasteiger partial charge is 0.327 e. The Kier molecular flexibility index (Phi) is 5.56. The Morgan fingerprint density at radius 1 is 1.25 bits per heavy atom. The van der Waals surface area contributed by atoms with Crippen molar-refractivity contribution in [1.82, 2.24) is 0 Å². The first-order valence-electron chi connectivity index (χ1n) is 6.41. The van der Waals surface area contributed by atoms with Gasteiger partial charge in [-0.2, -0.15) is 13.2 Å². The average molecular weight is 288 g/mol. The van der Waals surface area contributed by atoms with Crippen LogP contribution in [0.4, 0.5) is 18.9 Å². The van der Waals surface area contributed by atoms with Crippen LogP contribution in [0.1, 0.15) is 25.8 Å². The molecule has 0 aromatic heterocycles. The molecule has 0 heterocycles. The Hall–Kier alpha value is -1.56. The van der Waals surface area contributed by atoms with E-state index in [0.29, 0.717) is 11.3 Å². The number of aryl methyl sites for hydroxylation is 1. The molecule has 2 atom stereocenters. The molecule has 0 saturated carbocycles. The Morgan fingerprint density at radius 2 is 1.80 bits per heavy atom. The molecule has 1 aromatic rings. The van der Waals surface area contributed by atoms with Gasteiger partial charge in [0.15, 0.2) is 0 Å². The van der Waals surface area contributed by atoms with E-state index in [1.807, 2.05) is 0 Å². The quantitative estimate of drug-likeness (QED) is 0.874. The fourth-order valence-corrected chi connectivity index (χ4v) is 1.54. The van der Waals surface area contributed by atoms with E-state index in [0.717, 1.165) is 0 Å². The van der Waals surface area contributed by atoms with Gasteiger partial charge in [0.2, 0.25) is 5.91 Å². The van der Waals surface area contributed by atoms with E-state index >= 15 is 0 Å². The second-order valence-electron chi connectivity index (χ2n) is 4.95. The summed E-state index contributed by atoms with van der Waals surface area (Å²) in [6, 6.07) is 6.09. The van der Waals surface area contributed by atoms with Gasteiger partial charge in [0, 0.05) is 18.2 Å². The zero-order valence-corrected chi connectivity index (χ0v) is 11.5. The predicted molar refractivity (Wildman–Crippen MR) is 72.3 cm³/mol. The summed E-state index contributed by atoms with van der Waals surface area (Å²) in [5.41, 5.74) is 6.77. The van der Waals surface area contributed by atoms with Crippen LogP contribution in [0.3, 0.4) is 0 Å². The molecule has 0 aliphatic carbocycles. The highest BCUT2D eigenvalue weighted by Gasteiger charge is 2.26. The summed E-state index contributed by atoms with van der Waals surface area (Å²) < 4.78 is 36.3. The average Bonchev–Trinajstić information content (AvgIpc) is 2.36. The van der Waals surface area contributed by atoms with Crippen LogP contribution in [0.2, 0.25) is 0 Å². The number of carbonyl (C=O) groups excluding carboxylic acids is 1. The number of halogens is 3. The van der Waals surface area contributed by atoms with Gasteiger partial charge in [-0.15, -0.1) is 0 Å². The maximum Gasteiger partial charge on any atom is 0.389 e. The van der Waals surface area contributed by atoms with Crippen LogP contribution in [0, 0.1) is 5.92 Å². The number of hydrogen-bond acceptors (Lipinski definition) is 2. The number of nitrogens with two attached hydrogens (primary N) is 1. The maximum atomic E-state index is 12.1. The zero-order chi connectivity index (χ0) is 15.3. The van der Waals surface area contributed by atoms with Crippen LogP contribution in [0.25, 0.3) is 0 Å². The van der Waals surface area contributed by atoms with Gasteiger partial charge in [0.05, 0.1) is 5.92 Å². The van der Waals surface area contributed by atoms with E-state index < -0.39 is 12.6 Å². The molecule has 2 unspecified atom stereocenters. The Bertz CT molecular complexity index is 441. The second-order valence-corrected chi connectivity index (χ2v) is 4.95. The van der Waals surface area contributed by atoms with Gasteiger partial charge in [-0.3, -0.25) is 4.79 Å². The number of alkyl halides is 3. The third-order valence-electron chi connectivity index (χ3n) is 3.12. The highest BCUT2D eigenvalue weighted by atomic mass is 19.4. The molecule has 1 amide bonds. The summed E-state index contributed by atoms with van der Waals surface area (Å²) in [4.78, 5) is 11.8. The normalized spacial score (nSPS) is 14.7. The lowest BCUT2D eigenvalue weighted by atomic mass is 10.0. The molecule has 0 spiro atoms. The minimum absolute atomic E-state index is 0.0615. The van der Waals surface area contributed by atoms with Gasteiger partial charge in [-0.1, -0.05) is 19.1 Å². The molecule has 3 N–H and O–H groups in total. The number of nitrogens with one attached hydrogen (secondary N) is 1. The first-order valence-corrected chi connectivity index (χ1v) is 6.41. The number of benzene rings is 1. The molecule has 112 valence electrons. The molecule has 6 heteroatoms. The van der Waals surface area contributed by atoms with Gasteiger partial charge in [-0.05, 0) is 31.0 Å². The number of amides is 1. The van der Waals surface area contributed by atoms with Gasteiger partial charge in [-0.25, -0.2) is 0 Å². The van der Waals surface area contributed by atoms with Crippen molar-refractivity contribution in [2.45, 2.75) is 38.9 Å². The molecule has 20 heavy (non-hydrogen) atoms. The predicted octanol–water partition coefficient (Wildman–Crippen LogP) is 3.10. The summed E-state index contributed by atoms with van der Waals surface area (Å²) in [6.07, 6.45) is -5.06. The van der Waals surface area contributed by atoms with E-state index in [2.05, 4.69) is 5.32 Å². The summed E-state index contributed by atoms with van der Waals surface area (Å²) in [5.74, 6) is -0.539. The highest BCUT2D eigenvalue weighted by molar-refractivity contribution is 5.92. The van der Waals surface area contributed by atoms with Crippen LogP contribution in [0.5, 0.6) is 0 Å². The van der Waals surface area contributed by atoms with Crippen molar-refractivity contribution in [2.24, 2.45) is 11.7 Å². The van der Waals surface area contributed by atoms with Crippen molar-refractivity contribution in [3.63, 3.8) is 0 Å². The lowest BCUT2D eigenvalue weighted by Gasteiger charge is -2.15. The summed E-state index contributed by atoms with van der Waals surface area (Å²) in [6.45, 7) is 3.46. The van der Waals surface area contributed by atoms with E-state index in [9.17, 15) is 18.0 Å². The minimum Gasteiger partial charge on any atom is -0.327 e. The minimum atomic E-state index is -4.15. The van der Waals surface area contributed by atoms with Crippen molar-refractivity contribution in [3.05, 3.63) is 29.8 Å². The topological polar surface area (TPSA) is 55.1 Å². The maximum absolute atomic E-state index is 12.1. The second kappa shape index (κ2) is 6.74. The van der Waals surface area contributed by atoms with Gasteiger partial charge in [0.1, 0.15) is 0 Å². The van der Waals surface area contributed by atoms with Crippen molar-refractivity contribution in [1.29, 1.82) is 0 Å². The molecule has 0 fully saturated rings. The van der Waals surface area contributed by atoms with Gasteiger partial charge < -0.3 is 11.1 Å². The Balaban J connectivity index is 2.57. The number of carbonyl (C=O) groups is 1. The van der Waals surface area contributed by atoms with E-state index in [4.69, 9.17) is 5.73 Å².